The van der Waals surface area contributed by atoms with E-state index in [-0.39, 0.29) is 11.7 Å². The summed E-state index contributed by atoms with van der Waals surface area (Å²) in [6, 6.07) is 6.62. The number of aryl methyl sites for hydroxylation is 1. The molecule has 0 aromatic heterocycles. The van der Waals surface area contributed by atoms with Gasteiger partial charge in [0.05, 0.1) is 6.10 Å². The number of benzene rings is 1. The summed E-state index contributed by atoms with van der Waals surface area (Å²) in [6.45, 7) is 5.32. The van der Waals surface area contributed by atoms with Gasteiger partial charge in [0.15, 0.2) is 0 Å². The van der Waals surface area contributed by atoms with Gasteiger partial charge in [-0.15, -0.1) is 0 Å². The van der Waals surface area contributed by atoms with Crippen molar-refractivity contribution in [1.29, 1.82) is 0 Å². The van der Waals surface area contributed by atoms with E-state index < -0.39 is 0 Å². The van der Waals surface area contributed by atoms with Crippen LogP contribution in [0.5, 0.6) is 5.75 Å². The Balaban J connectivity index is 1.90. The topological polar surface area (TPSA) is 32.7 Å². The van der Waals surface area contributed by atoms with Crippen molar-refractivity contribution in [3.63, 3.8) is 0 Å². The monoisotopic (exact) mass is 261 g/mol. The Hall–Kier alpha value is -1.06. The number of rotatable bonds is 0. The average Bonchev–Trinajstić information content (AvgIpc) is 2.36. The van der Waals surface area contributed by atoms with E-state index in [1.54, 1.807) is 0 Å². The van der Waals surface area contributed by atoms with Gasteiger partial charge in [-0.05, 0) is 39.4 Å². The van der Waals surface area contributed by atoms with E-state index in [2.05, 4.69) is 31.9 Å². The molecule has 0 radical (unpaired) electrons. The Bertz CT molecular complexity index is 488. The molecule has 3 rings (SSSR count). The van der Waals surface area contributed by atoms with Gasteiger partial charge in [0, 0.05) is 31.0 Å². The predicted molar refractivity (Wildman–Crippen MR) is 75.4 cm³/mol. The van der Waals surface area contributed by atoms with Crippen LogP contribution in [0.4, 0.5) is 0 Å². The van der Waals surface area contributed by atoms with Gasteiger partial charge in [0.2, 0.25) is 0 Å². The molecule has 0 aliphatic carbocycles. The number of fused-ring (bicyclic) bond motifs is 1. The largest absolute Gasteiger partial charge is 0.487 e. The molecule has 3 atom stereocenters. The molecule has 1 aromatic rings. The van der Waals surface area contributed by atoms with E-state index in [1.807, 2.05) is 12.1 Å². The average molecular weight is 261 g/mol. The third kappa shape index (κ3) is 2.26. The first kappa shape index (κ1) is 12.9. The zero-order valence-electron chi connectivity index (χ0n) is 12.0. The Morgan fingerprint density at radius 2 is 2.16 bits per heavy atom. The second-order valence-electron chi connectivity index (χ2n) is 6.33. The van der Waals surface area contributed by atoms with Crippen molar-refractivity contribution in [3.05, 3.63) is 29.3 Å². The minimum absolute atomic E-state index is 0.173. The van der Waals surface area contributed by atoms with Crippen molar-refractivity contribution in [2.24, 2.45) is 0 Å². The third-order valence-corrected chi connectivity index (χ3v) is 4.76. The van der Waals surface area contributed by atoms with E-state index in [4.69, 9.17) is 4.74 Å². The lowest BCUT2D eigenvalue weighted by Gasteiger charge is -2.47. The first-order valence-corrected chi connectivity index (χ1v) is 7.17. The minimum Gasteiger partial charge on any atom is -0.487 e. The molecule has 0 amide bonds. The van der Waals surface area contributed by atoms with Crippen molar-refractivity contribution in [3.8, 4) is 5.75 Å². The molecule has 1 saturated heterocycles. The van der Waals surface area contributed by atoms with Gasteiger partial charge in [-0.1, -0.05) is 11.6 Å². The summed E-state index contributed by atoms with van der Waals surface area (Å²) >= 11 is 0. The number of piperidine rings is 1. The van der Waals surface area contributed by atoms with Crippen LogP contribution in [-0.2, 0) is 0 Å². The number of nitrogens with zero attached hydrogens (tertiary/aromatic N) is 1. The second-order valence-corrected chi connectivity index (χ2v) is 6.33. The van der Waals surface area contributed by atoms with Gasteiger partial charge in [-0.3, -0.25) is 0 Å². The lowest BCUT2D eigenvalue weighted by atomic mass is 9.79. The molecule has 1 fully saturated rings. The van der Waals surface area contributed by atoms with Crippen molar-refractivity contribution in [1.82, 2.24) is 4.90 Å². The van der Waals surface area contributed by atoms with Gasteiger partial charge in [0.1, 0.15) is 11.4 Å². The fraction of sp³-hybridized carbons (Fsp3) is 0.625. The molecule has 3 nitrogen and oxygen atoms in total. The predicted octanol–water partition coefficient (Wildman–Crippen LogP) is 2.66. The molecular formula is C16H23NO2. The molecule has 104 valence electrons. The maximum Gasteiger partial charge on any atom is 0.125 e. The fourth-order valence-electron chi connectivity index (χ4n) is 3.43. The summed E-state index contributed by atoms with van der Waals surface area (Å²) in [4.78, 5) is 2.37. The SMILES string of the molecule is Cc1ccc2c(c1)C(O)CC1(CCN(C)C(C)C1)O2. The molecule has 3 unspecified atom stereocenters. The molecule has 19 heavy (non-hydrogen) atoms. The maximum absolute atomic E-state index is 10.5. The number of aliphatic hydroxyl groups is 1. The highest BCUT2D eigenvalue weighted by molar-refractivity contribution is 5.41. The Morgan fingerprint density at radius 1 is 1.37 bits per heavy atom. The van der Waals surface area contributed by atoms with Crippen molar-refractivity contribution < 1.29 is 9.84 Å². The van der Waals surface area contributed by atoms with Crippen molar-refractivity contribution in [2.75, 3.05) is 13.6 Å². The van der Waals surface area contributed by atoms with Gasteiger partial charge in [-0.2, -0.15) is 0 Å². The summed E-state index contributed by atoms with van der Waals surface area (Å²) in [5.41, 5.74) is 1.96. The van der Waals surface area contributed by atoms with Crippen LogP contribution in [0.25, 0.3) is 0 Å². The number of hydrogen-bond donors (Lipinski definition) is 1. The minimum atomic E-state index is -0.390. The first-order valence-electron chi connectivity index (χ1n) is 7.17. The second kappa shape index (κ2) is 4.50. The Morgan fingerprint density at radius 3 is 2.89 bits per heavy atom. The van der Waals surface area contributed by atoms with Gasteiger partial charge in [0.25, 0.3) is 0 Å². The molecule has 2 heterocycles. The van der Waals surface area contributed by atoms with E-state index in [9.17, 15) is 5.11 Å². The zero-order chi connectivity index (χ0) is 13.6. The van der Waals surface area contributed by atoms with Crippen LogP contribution in [0, 0.1) is 6.92 Å². The molecule has 1 aromatic carbocycles. The lowest BCUT2D eigenvalue weighted by molar-refractivity contribution is -0.0645. The van der Waals surface area contributed by atoms with Crippen LogP contribution < -0.4 is 4.74 Å². The Labute approximate surface area is 115 Å². The highest BCUT2D eigenvalue weighted by Crippen LogP contribution is 2.45. The van der Waals surface area contributed by atoms with E-state index >= 15 is 0 Å². The fourth-order valence-corrected chi connectivity index (χ4v) is 3.43. The zero-order valence-corrected chi connectivity index (χ0v) is 12.0. The van der Waals surface area contributed by atoms with E-state index in [0.29, 0.717) is 6.04 Å². The van der Waals surface area contributed by atoms with Crippen LogP contribution in [0.15, 0.2) is 18.2 Å². The van der Waals surface area contributed by atoms with Gasteiger partial charge >= 0.3 is 0 Å². The summed E-state index contributed by atoms with van der Waals surface area (Å²) < 4.78 is 6.32. The molecule has 2 aliphatic heterocycles. The van der Waals surface area contributed by atoms with Crippen molar-refractivity contribution >= 4 is 0 Å². The number of ether oxygens (including phenoxy) is 1. The Kier molecular flexibility index (Phi) is 3.06. The first-order chi connectivity index (χ1) is 8.99. The van der Waals surface area contributed by atoms with Crippen LogP contribution in [0.3, 0.4) is 0 Å². The molecular weight excluding hydrogens is 238 g/mol. The maximum atomic E-state index is 10.5. The molecule has 2 aliphatic rings. The van der Waals surface area contributed by atoms with Crippen LogP contribution in [0.1, 0.15) is 43.4 Å². The summed E-state index contributed by atoms with van der Waals surface area (Å²) in [6.07, 6.45) is 2.33. The molecule has 0 saturated carbocycles. The van der Waals surface area contributed by atoms with Crippen molar-refractivity contribution in [2.45, 2.75) is 50.9 Å². The van der Waals surface area contributed by atoms with Crippen LogP contribution in [-0.4, -0.2) is 35.2 Å². The molecule has 3 heteroatoms. The van der Waals surface area contributed by atoms with Crippen LogP contribution >= 0.6 is 0 Å². The summed E-state index contributed by atoms with van der Waals surface area (Å²) in [5, 5.41) is 10.5. The summed E-state index contributed by atoms with van der Waals surface area (Å²) in [5.74, 6) is 0.876. The van der Waals surface area contributed by atoms with Gasteiger partial charge < -0.3 is 14.7 Å². The van der Waals surface area contributed by atoms with Crippen LogP contribution in [0.2, 0.25) is 0 Å². The van der Waals surface area contributed by atoms with Gasteiger partial charge in [-0.25, -0.2) is 0 Å². The lowest BCUT2D eigenvalue weighted by Crippen LogP contribution is -2.52. The highest BCUT2D eigenvalue weighted by atomic mass is 16.5. The molecule has 1 N–H and O–H groups in total. The quantitative estimate of drug-likeness (QED) is 0.779. The smallest absolute Gasteiger partial charge is 0.125 e. The van der Waals surface area contributed by atoms with E-state index in [0.717, 1.165) is 37.1 Å². The third-order valence-electron chi connectivity index (χ3n) is 4.76. The van der Waals surface area contributed by atoms with E-state index in [1.165, 1.54) is 5.56 Å². The molecule has 1 spiro atoms. The number of aliphatic hydroxyl groups excluding tert-OH is 1. The normalized spacial score (nSPS) is 34.9. The summed E-state index contributed by atoms with van der Waals surface area (Å²) in [7, 11) is 2.16. The standard InChI is InChI=1S/C16H23NO2/c1-11-4-5-15-13(8-11)14(18)10-16(19-15)6-7-17(3)12(2)9-16/h4-5,8,12,14,18H,6-7,9-10H2,1-3H3. The number of likely N-dealkylation sites (tertiary alicyclic amines) is 1. The highest BCUT2D eigenvalue weighted by Gasteiger charge is 2.44. The molecule has 0 bridgehead atoms. The number of hydrogen-bond acceptors (Lipinski definition) is 3.